The third kappa shape index (κ3) is 3.78. The molecule has 1 aromatic heterocycles. The van der Waals surface area contributed by atoms with Gasteiger partial charge in [0.15, 0.2) is 0 Å². The van der Waals surface area contributed by atoms with Crippen LogP contribution < -0.4 is 5.32 Å². The number of rotatable bonds is 7. The Morgan fingerprint density at radius 2 is 2.00 bits per heavy atom. The van der Waals surface area contributed by atoms with Crippen LogP contribution in [0.25, 0.3) is 10.9 Å². The van der Waals surface area contributed by atoms with E-state index in [1.807, 2.05) is 7.05 Å². The Kier molecular flexibility index (Phi) is 5.50. The molecule has 2 aromatic rings. The second-order valence-electron chi connectivity index (χ2n) is 5.32. The first-order chi connectivity index (χ1) is 9.74. The van der Waals surface area contributed by atoms with Gasteiger partial charge in [-0.15, -0.1) is 0 Å². The minimum atomic E-state index is 0.999. The molecule has 0 fully saturated rings. The lowest BCUT2D eigenvalue weighted by atomic mass is 10.1. The van der Waals surface area contributed by atoms with E-state index in [1.165, 1.54) is 17.4 Å². The molecule has 0 amide bonds. The summed E-state index contributed by atoms with van der Waals surface area (Å²) in [5.41, 5.74) is 3.59. The largest absolute Gasteiger partial charge is 0.318 e. The molecular formula is C17H25N3. The average Bonchev–Trinajstić information content (AvgIpc) is 2.44. The number of pyridine rings is 1. The Morgan fingerprint density at radius 3 is 2.75 bits per heavy atom. The molecule has 0 radical (unpaired) electrons. The summed E-state index contributed by atoms with van der Waals surface area (Å²) >= 11 is 0. The number of nitrogens with zero attached hydrogens (tertiary/aromatic N) is 2. The fourth-order valence-corrected chi connectivity index (χ4v) is 2.62. The van der Waals surface area contributed by atoms with Gasteiger partial charge in [0.2, 0.25) is 0 Å². The number of hydrogen-bond donors (Lipinski definition) is 1. The highest BCUT2D eigenvalue weighted by atomic mass is 15.1. The zero-order chi connectivity index (χ0) is 14.4. The number of aromatic nitrogens is 1. The maximum Gasteiger partial charge on any atom is 0.0708 e. The van der Waals surface area contributed by atoms with Gasteiger partial charge in [-0.05, 0) is 44.6 Å². The van der Waals surface area contributed by atoms with Crippen molar-refractivity contribution in [3.8, 4) is 0 Å². The van der Waals surface area contributed by atoms with E-state index >= 15 is 0 Å². The zero-order valence-electron chi connectivity index (χ0n) is 12.8. The lowest BCUT2D eigenvalue weighted by Gasteiger charge is -2.22. The van der Waals surface area contributed by atoms with Crippen molar-refractivity contribution in [3.63, 3.8) is 0 Å². The first kappa shape index (κ1) is 14.9. The van der Waals surface area contributed by atoms with Crippen molar-refractivity contribution >= 4 is 10.9 Å². The lowest BCUT2D eigenvalue weighted by molar-refractivity contribution is 0.268. The van der Waals surface area contributed by atoms with Crippen LogP contribution in [0.1, 0.15) is 24.6 Å². The number of para-hydroxylation sites is 1. The number of fused-ring (bicyclic) bond motifs is 1. The van der Waals surface area contributed by atoms with Crippen molar-refractivity contribution in [2.75, 3.05) is 26.7 Å². The number of likely N-dealkylation sites (N-methyl/N-ethyl adjacent to an activating group) is 1. The fourth-order valence-electron chi connectivity index (χ4n) is 2.62. The monoisotopic (exact) mass is 271 g/mol. The van der Waals surface area contributed by atoms with Gasteiger partial charge in [0.1, 0.15) is 0 Å². The zero-order valence-corrected chi connectivity index (χ0v) is 12.8. The minimum Gasteiger partial charge on any atom is -0.318 e. The van der Waals surface area contributed by atoms with E-state index in [0.29, 0.717) is 0 Å². The van der Waals surface area contributed by atoms with Crippen molar-refractivity contribution in [2.45, 2.75) is 26.8 Å². The van der Waals surface area contributed by atoms with E-state index in [4.69, 9.17) is 0 Å². The fraction of sp³-hybridized carbons (Fsp3) is 0.471. The van der Waals surface area contributed by atoms with Gasteiger partial charge in [-0.1, -0.05) is 25.1 Å². The molecule has 2 rings (SSSR count). The highest BCUT2D eigenvalue weighted by Gasteiger charge is 2.09. The standard InChI is InChI=1S/C17H25N3/c1-4-10-20(11-9-18-3)13-15-12-14(2)19-17-8-6-5-7-16(15)17/h5-8,12,18H,4,9-11,13H2,1-3H3. The molecule has 20 heavy (non-hydrogen) atoms. The number of aryl methyl sites for hydroxylation is 1. The molecular weight excluding hydrogens is 246 g/mol. The van der Waals surface area contributed by atoms with Gasteiger partial charge < -0.3 is 5.32 Å². The van der Waals surface area contributed by atoms with Crippen molar-refractivity contribution in [1.82, 2.24) is 15.2 Å². The highest BCUT2D eigenvalue weighted by Crippen LogP contribution is 2.19. The molecule has 1 aromatic carbocycles. The molecule has 0 bridgehead atoms. The lowest BCUT2D eigenvalue weighted by Crippen LogP contribution is -2.31. The van der Waals surface area contributed by atoms with Crippen LogP contribution in [0, 0.1) is 6.92 Å². The maximum atomic E-state index is 4.62. The Morgan fingerprint density at radius 1 is 1.20 bits per heavy atom. The summed E-state index contributed by atoms with van der Waals surface area (Å²) in [5, 5.41) is 4.52. The molecule has 0 atom stereocenters. The molecule has 0 aliphatic heterocycles. The molecule has 0 spiro atoms. The third-order valence-electron chi connectivity index (χ3n) is 3.54. The van der Waals surface area contributed by atoms with Crippen LogP contribution in [-0.2, 0) is 6.54 Å². The topological polar surface area (TPSA) is 28.2 Å². The van der Waals surface area contributed by atoms with Crippen LogP contribution >= 0.6 is 0 Å². The van der Waals surface area contributed by atoms with Gasteiger partial charge in [-0.3, -0.25) is 9.88 Å². The van der Waals surface area contributed by atoms with Crippen LogP contribution in [0.3, 0.4) is 0 Å². The van der Waals surface area contributed by atoms with E-state index in [9.17, 15) is 0 Å². The molecule has 0 aliphatic carbocycles. The van der Waals surface area contributed by atoms with E-state index in [2.05, 4.69) is 59.4 Å². The number of hydrogen-bond acceptors (Lipinski definition) is 3. The number of benzene rings is 1. The molecule has 0 aliphatic rings. The first-order valence-electron chi connectivity index (χ1n) is 7.46. The van der Waals surface area contributed by atoms with Crippen molar-refractivity contribution < 1.29 is 0 Å². The van der Waals surface area contributed by atoms with Gasteiger partial charge in [0.25, 0.3) is 0 Å². The molecule has 3 heteroatoms. The van der Waals surface area contributed by atoms with Crippen LogP contribution in [0.5, 0.6) is 0 Å². The SMILES string of the molecule is CCCN(CCNC)Cc1cc(C)nc2ccccc12. The Labute approximate surface area is 122 Å². The molecule has 1 N–H and O–H groups in total. The summed E-state index contributed by atoms with van der Waals surface area (Å²) in [6.45, 7) is 8.56. The Bertz CT molecular complexity index is 551. The third-order valence-corrected chi connectivity index (χ3v) is 3.54. The van der Waals surface area contributed by atoms with Gasteiger partial charge in [0.05, 0.1) is 5.52 Å². The minimum absolute atomic E-state index is 0.999. The predicted molar refractivity (Wildman–Crippen MR) is 86.0 cm³/mol. The maximum absolute atomic E-state index is 4.62. The van der Waals surface area contributed by atoms with E-state index in [-0.39, 0.29) is 0 Å². The molecule has 108 valence electrons. The second kappa shape index (κ2) is 7.36. The summed E-state index contributed by atoms with van der Waals surface area (Å²) in [4.78, 5) is 7.13. The van der Waals surface area contributed by atoms with Crippen molar-refractivity contribution in [1.29, 1.82) is 0 Å². The molecule has 0 unspecified atom stereocenters. The quantitative estimate of drug-likeness (QED) is 0.839. The Hall–Kier alpha value is -1.45. The summed E-state index contributed by atoms with van der Waals surface area (Å²) in [6, 6.07) is 10.7. The summed E-state index contributed by atoms with van der Waals surface area (Å²) in [6.07, 6.45) is 1.19. The summed E-state index contributed by atoms with van der Waals surface area (Å²) < 4.78 is 0. The van der Waals surface area contributed by atoms with E-state index in [0.717, 1.165) is 37.4 Å². The number of nitrogens with one attached hydrogen (secondary N) is 1. The molecule has 0 saturated heterocycles. The predicted octanol–water partition coefficient (Wildman–Crippen LogP) is 2.97. The molecule has 1 heterocycles. The average molecular weight is 271 g/mol. The first-order valence-corrected chi connectivity index (χ1v) is 7.46. The van der Waals surface area contributed by atoms with E-state index < -0.39 is 0 Å². The smallest absolute Gasteiger partial charge is 0.0708 e. The second-order valence-corrected chi connectivity index (χ2v) is 5.32. The Balaban J connectivity index is 2.26. The van der Waals surface area contributed by atoms with Crippen LogP contribution in [0.2, 0.25) is 0 Å². The van der Waals surface area contributed by atoms with Crippen LogP contribution in [-0.4, -0.2) is 36.6 Å². The van der Waals surface area contributed by atoms with Gasteiger partial charge >= 0.3 is 0 Å². The van der Waals surface area contributed by atoms with Gasteiger partial charge in [0, 0.05) is 30.7 Å². The van der Waals surface area contributed by atoms with Crippen LogP contribution in [0.15, 0.2) is 30.3 Å². The van der Waals surface area contributed by atoms with Gasteiger partial charge in [-0.2, -0.15) is 0 Å². The highest BCUT2D eigenvalue weighted by molar-refractivity contribution is 5.82. The summed E-state index contributed by atoms with van der Waals surface area (Å²) in [7, 11) is 2.01. The van der Waals surface area contributed by atoms with Gasteiger partial charge in [-0.25, -0.2) is 0 Å². The molecule has 0 saturated carbocycles. The van der Waals surface area contributed by atoms with Crippen molar-refractivity contribution in [2.24, 2.45) is 0 Å². The van der Waals surface area contributed by atoms with E-state index in [1.54, 1.807) is 0 Å². The normalized spacial score (nSPS) is 11.4. The van der Waals surface area contributed by atoms with Crippen LogP contribution in [0.4, 0.5) is 0 Å². The van der Waals surface area contributed by atoms with Crippen molar-refractivity contribution in [3.05, 3.63) is 41.6 Å². The molecule has 3 nitrogen and oxygen atoms in total. The summed E-state index contributed by atoms with van der Waals surface area (Å²) in [5.74, 6) is 0.